The number of carbonyl (C=O) groups is 1. The largest absolute Gasteiger partial charge is 0.492 e. The van der Waals surface area contributed by atoms with E-state index in [1.165, 1.54) is 36.1 Å². The standard InChI is InChI=1S/C35H36FN5O4/c1-22-32(34(43)41(40(22)3)24-7-5-4-6-8-24)33(42)38-23-9-12-31(28(36)19-23)45-30-14-18-37-29-20-26(10-11-27(29)30)44-21-25-13-15-35(16-17-35)39(25)2/h5,7-12,14,18-20,25H,4,6,13,15-17,21H2,1-3H3,(H,38,42)/t25-/m0/s1. The molecule has 1 aliphatic heterocycles. The summed E-state index contributed by atoms with van der Waals surface area (Å²) in [6, 6.07) is 11.9. The summed E-state index contributed by atoms with van der Waals surface area (Å²) in [4.78, 5) is 33.4. The number of carbonyl (C=O) groups excluding carboxylic acids is 1. The number of amides is 1. The summed E-state index contributed by atoms with van der Waals surface area (Å²) in [5.74, 6) is -0.0964. The van der Waals surface area contributed by atoms with E-state index in [1.54, 1.807) is 37.0 Å². The molecule has 45 heavy (non-hydrogen) atoms. The number of likely N-dealkylation sites (tertiary alicyclic amines) is 1. The van der Waals surface area contributed by atoms with Crippen LogP contribution in [0.1, 0.15) is 54.6 Å². The zero-order valence-corrected chi connectivity index (χ0v) is 25.7. The van der Waals surface area contributed by atoms with Crippen molar-refractivity contribution in [3.8, 4) is 17.2 Å². The van der Waals surface area contributed by atoms with E-state index in [0.717, 1.165) is 36.1 Å². The van der Waals surface area contributed by atoms with Gasteiger partial charge in [-0.2, -0.15) is 0 Å². The van der Waals surface area contributed by atoms with Gasteiger partial charge in [0.15, 0.2) is 11.6 Å². The molecule has 2 aromatic carbocycles. The number of aromatic nitrogens is 3. The number of pyridine rings is 1. The number of nitrogens with one attached hydrogen (secondary N) is 1. The molecule has 1 N–H and O–H groups in total. The molecule has 10 heteroatoms. The van der Waals surface area contributed by atoms with Crippen molar-refractivity contribution in [1.29, 1.82) is 0 Å². The van der Waals surface area contributed by atoms with Gasteiger partial charge >= 0.3 is 0 Å². The Balaban J connectivity index is 1.04. The van der Waals surface area contributed by atoms with E-state index in [2.05, 4.69) is 22.2 Å². The highest BCUT2D eigenvalue weighted by Gasteiger charge is 2.52. The number of hydrogen-bond donors (Lipinski definition) is 1. The number of hydrogen-bond acceptors (Lipinski definition) is 6. The van der Waals surface area contributed by atoms with Crippen LogP contribution in [0.15, 0.2) is 71.7 Å². The molecule has 2 fully saturated rings. The Hall–Kier alpha value is -4.70. The van der Waals surface area contributed by atoms with Gasteiger partial charge in [-0.15, -0.1) is 0 Å². The highest BCUT2D eigenvalue weighted by molar-refractivity contribution is 6.05. The molecule has 7 rings (SSSR count). The number of rotatable bonds is 8. The second-order valence-corrected chi connectivity index (χ2v) is 12.2. The first-order valence-corrected chi connectivity index (χ1v) is 15.4. The first-order valence-electron chi connectivity index (χ1n) is 15.4. The van der Waals surface area contributed by atoms with Crippen LogP contribution in [0.3, 0.4) is 0 Å². The van der Waals surface area contributed by atoms with E-state index >= 15 is 4.39 Å². The van der Waals surface area contributed by atoms with Crippen LogP contribution in [0, 0.1) is 12.7 Å². The summed E-state index contributed by atoms with van der Waals surface area (Å²) in [7, 11) is 3.94. The summed E-state index contributed by atoms with van der Waals surface area (Å²) in [5, 5.41) is 3.39. The van der Waals surface area contributed by atoms with Crippen LogP contribution in [0.4, 0.5) is 10.1 Å². The van der Waals surface area contributed by atoms with Gasteiger partial charge in [-0.05, 0) is 88.9 Å². The number of fused-ring (bicyclic) bond motifs is 1. The summed E-state index contributed by atoms with van der Waals surface area (Å²) in [5.41, 5.74) is 2.11. The van der Waals surface area contributed by atoms with Gasteiger partial charge in [0.2, 0.25) is 0 Å². The molecule has 0 radical (unpaired) electrons. The molecule has 0 bridgehead atoms. The zero-order chi connectivity index (χ0) is 31.3. The first kappa shape index (κ1) is 29.0. The zero-order valence-electron chi connectivity index (χ0n) is 25.7. The van der Waals surface area contributed by atoms with Crippen LogP contribution < -0.4 is 20.3 Å². The molecule has 1 atom stereocenters. The molecule has 1 spiro atoms. The molecule has 3 aliphatic rings. The van der Waals surface area contributed by atoms with Crippen LogP contribution in [-0.2, 0) is 7.05 Å². The summed E-state index contributed by atoms with van der Waals surface area (Å²) in [6.45, 7) is 2.34. The highest BCUT2D eigenvalue weighted by atomic mass is 19.1. The molecular weight excluding hydrogens is 573 g/mol. The molecule has 1 saturated carbocycles. The normalized spacial score (nSPS) is 18.8. The van der Waals surface area contributed by atoms with E-state index in [-0.39, 0.29) is 17.0 Å². The third-order valence-electron chi connectivity index (χ3n) is 9.59. The molecule has 4 aromatic rings. The van der Waals surface area contributed by atoms with Crippen LogP contribution in [0.2, 0.25) is 0 Å². The molecule has 9 nitrogen and oxygen atoms in total. The van der Waals surface area contributed by atoms with Crippen LogP contribution in [-0.4, -0.2) is 50.4 Å². The van der Waals surface area contributed by atoms with Crippen LogP contribution in [0.25, 0.3) is 16.6 Å². The van der Waals surface area contributed by atoms with Crippen molar-refractivity contribution in [2.75, 3.05) is 19.0 Å². The number of ether oxygens (including phenoxy) is 2. The SMILES string of the molecule is Cc1c(C(=O)Nc2ccc(Oc3ccnc4cc(OC[C@@H]5CCC6(CC6)N5C)ccc34)c(F)c2)c(=O)n(C2=CCCC=C2)n1C. The van der Waals surface area contributed by atoms with Crippen molar-refractivity contribution in [2.45, 2.75) is 57.0 Å². The average Bonchev–Trinajstić information content (AvgIpc) is 3.71. The fourth-order valence-electron chi connectivity index (χ4n) is 6.60. The molecule has 0 unspecified atom stereocenters. The van der Waals surface area contributed by atoms with Crippen molar-refractivity contribution in [1.82, 2.24) is 19.2 Å². The summed E-state index contributed by atoms with van der Waals surface area (Å²) in [6.07, 6.45) is 14.1. The van der Waals surface area contributed by atoms with Gasteiger partial charge in [0.1, 0.15) is 23.7 Å². The van der Waals surface area contributed by atoms with Crippen molar-refractivity contribution < 1.29 is 18.7 Å². The third kappa shape index (κ3) is 5.33. The van der Waals surface area contributed by atoms with Crippen LogP contribution in [0.5, 0.6) is 17.2 Å². The Labute approximate surface area is 260 Å². The lowest BCUT2D eigenvalue weighted by Gasteiger charge is -2.25. The second kappa shape index (κ2) is 11.3. The predicted molar refractivity (Wildman–Crippen MR) is 171 cm³/mol. The van der Waals surface area contributed by atoms with Gasteiger partial charge in [0, 0.05) is 48.0 Å². The van der Waals surface area contributed by atoms with Crippen LogP contribution >= 0.6 is 0 Å². The number of likely N-dealkylation sites (N-methyl/N-ethyl adjacent to an activating group) is 1. The van der Waals surface area contributed by atoms with Gasteiger partial charge < -0.3 is 14.8 Å². The lowest BCUT2D eigenvalue weighted by atomic mass is 10.1. The van der Waals surface area contributed by atoms with Gasteiger partial charge in [0.25, 0.3) is 11.5 Å². The van der Waals surface area contributed by atoms with Crippen molar-refractivity contribution >= 4 is 28.2 Å². The molecular formula is C35H36FN5O4. The molecule has 1 saturated heterocycles. The average molecular weight is 610 g/mol. The Kier molecular flexibility index (Phi) is 7.32. The minimum absolute atomic E-state index is 0.00614. The highest BCUT2D eigenvalue weighted by Crippen LogP contribution is 2.50. The predicted octanol–water partition coefficient (Wildman–Crippen LogP) is 6.42. The fraction of sp³-hybridized carbons (Fsp3) is 0.343. The Morgan fingerprint density at radius 3 is 2.67 bits per heavy atom. The lowest BCUT2D eigenvalue weighted by molar-refractivity contribution is 0.102. The monoisotopic (exact) mass is 609 g/mol. The molecule has 2 aliphatic carbocycles. The van der Waals surface area contributed by atoms with Crippen molar-refractivity contribution in [3.05, 3.63) is 94.3 Å². The summed E-state index contributed by atoms with van der Waals surface area (Å²) >= 11 is 0. The van der Waals surface area contributed by atoms with Gasteiger partial charge in [-0.3, -0.25) is 24.2 Å². The van der Waals surface area contributed by atoms with Crippen molar-refractivity contribution in [3.63, 3.8) is 0 Å². The second-order valence-electron chi connectivity index (χ2n) is 12.2. The lowest BCUT2D eigenvalue weighted by Crippen LogP contribution is -2.37. The van der Waals surface area contributed by atoms with Gasteiger partial charge in [-0.1, -0.05) is 12.2 Å². The number of nitrogens with zero attached hydrogens (tertiary/aromatic N) is 4. The number of anilines is 1. The maximum Gasteiger partial charge on any atom is 0.284 e. The maximum absolute atomic E-state index is 15.3. The minimum Gasteiger partial charge on any atom is -0.492 e. The first-order chi connectivity index (χ1) is 21.7. The molecule has 3 heterocycles. The van der Waals surface area contributed by atoms with E-state index < -0.39 is 17.3 Å². The fourth-order valence-corrected chi connectivity index (χ4v) is 6.60. The molecule has 232 valence electrons. The van der Waals surface area contributed by atoms with E-state index in [9.17, 15) is 9.59 Å². The topological polar surface area (TPSA) is 90.6 Å². The molecule has 1 amide bonds. The van der Waals surface area contributed by atoms with Gasteiger partial charge in [-0.25, -0.2) is 9.07 Å². The van der Waals surface area contributed by atoms with E-state index in [1.807, 2.05) is 36.4 Å². The Morgan fingerprint density at radius 1 is 1.09 bits per heavy atom. The van der Waals surface area contributed by atoms with E-state index in [0.29, 0.717) is 35.1 Å². The third-order valence-corrected chi connectivity index (χ3v) is 9.59. The maximum atomic E-state index is 15.3. The number of allylic oxidation sites excluding steroid dienone is 4. The Morgan fingerprint density at radius 2 is 1.93 bits per heavy atom. The number of halogens is 1. The van der Waals surface area contributed by atoms with Gasteiger partial charge in [0.05, 0.1) is 16.9 Å². The van der Waals surface area contributed by atoms with Crippen molar-refractivity contribution in [2.24, 2.45) is 7.05 Å². The Bertz CT molecular complexity index is 1940. The number of benzene rings is 2. The molecule has 2 aromatic heterocycles. The smallest absolute Gasteiger partial charge is 0.284 e. The summed E-state index contributed by atoms with van der Waals surface area (Å²) < 4.78 is 30.5. The van der Waals surface area contributed by atoms with E-state index in [4.69, 9.17) is 9.47 Å². The minimum atomic E-state index is -0.661. The quantitative estimate of drug-likeness (QED) is 0.248.